The summed E-state index contributed by atoms with van der Waals surface area (Å²) in [6.45, 7) is -0.122. The molecule has 2 aromatic rings. The minimum absolute atomic E-state index is 0.00962. The molecule has 8 heteroatoms. The van der Waals surface area contributed by atoms with Gasteiger partial charge in [0.15, 0.2) is 5.82 Å². The number of carboxylic acid groups (broad SMARTS) is 1. The highest BCUT2D eigenvalue weighted by molar-refractivity contribution is 5.94. The fourth-order valence-corrected chi connectivity index (χ4v) is 1.57. The molecule has 2 aromatic heterocycles. The molecule has 21 heavy (non-hydrogen) atoms. The number of hydrogen-bond acceptors (Lipinski definition) is 4. The Hall–Kier alpha value is -2.90. The highest BCUT2D eigenvalue weighted by Gasteiger charge is 2.16. The van der Waals surface area contributed by atoms with Crippen LogP contribution in [0.15, 0.2) is 30.6 Å². The molecule has 0 aliphatic carbocycles. The van der Waals surface area contributed by atoms with Gasteiger partial charge in [-0.15, -0.1) is 0 Å². The molecule has 2 heterocycles. The summed E-state index contributed by atoms with van der Waals surface area (Å²) in [4.78, 5) is 29.4. The number of rotatable bonds is 4. The van der Waals surface area contributed by atoms with Crippen molar-refractivity contribution in [1.82, 2.24) is 15.3 Å². The van der Waals surface area contributed by atoms with Gasteiger partial charge in [-0.05, 0) is 18.2 Å². The zero-order valence-electron chi connectivity index (χ0n) is 10.5. The normalized spacial score (nSPS) is 10.2. The number of nitrogens with zero attached hydrogens (tertiary/aromatic N) is 2. The second-order valence-electron chi connectivity index (χ2n) is 3.99. The number of halogens is 2. The molecule has 0 atom stereocenters. The molecule has 0 bridgehead atoms. The van der Waals surface area contributed by atoms with Crippen molar-refractivity contribution in [3.8, 4) is 0 Å². The lowest BCUT2D eigenvalue weighted by molar-refractivity contribution is 0.0696. The number of aromatic nitrogens is 2. The monoisotopic (exact) mass is 293 g/mol. The largest absolute Gasteiger partial charge is 0.478 e. The maximum atomic E-state index is 13.4. The van der Waals surface area contributed by atoms with Gasteiger partial charge in [-0.3, -0.25) is 9.78 Å². The minimum atomic E-state index is -1.37. The Morgan fingerprint density at radius 1 is 1.19 bits per heavy atom. The van der Waals surface area contributed by atoms with Gasteiger partial charge in [0.1, 0.15) is 0 Å². The third-order valence-electron chi connectivity index (χ3n) is 2.58. The van der Waals surface area contributed by atoms with Crippen LogP contribution in [0.1, 0.15) is 26.4 Å². The van der Waals surface area contributed by atoms with Crippen molar-refractivity contribution in [2.45, 2.75) is 6.54 Å². The van der Waals surface area contributed by atoms with Crippen molar-refractivity contribution in [3.05, 3.63) is 59.2 Å². The Kier molecular flexibility index (Phi) is 4.17. The van der Waals surface area contributed by atoms with E-state index < -0.39 is 29.2 Å². The number of pyridine rings is 2. The van der Waals surface area contributed by atoms with E-state index in [0.29, 0.717) is 0 Å². The van der Waals surface area contributed by atoms with Crippen LogP contribution < -0.4 is 5.32 Å². The summed E-state index contributed by atoms with van der Waals surface area (Å²) in [7, 11) is 0. The van der Waals surface area contributed by atoms with Crippen LogP contribution in [0.3, 0.4) is 0 Å². The molecule has 0 saturated carbocycles. The van der Waals surface area contributed by atoms with Gasteiger partial charge in [-0.1, -0.05) is 0 Å². The van der Waals surface area contributed by atoms with E-state index in [1.54, 1.807) is 0 Å². The van der Waals surface area contributed by atoms with E-state index in [4.69, 9.17) is 5.11 Å². The number of carbonyl (C=O) groups is 2. The van der Waals surface area contributed by atoms with Crippen molar-refractivity contribution < 1.29 is 23.5 Å². The van der Waals surface area contributed by atoms with Crippen molar-refractivity contribution >= 4 is 11.9 Å². The van der Waals surface area contributed by atoms with Gasteiger partial charge in [0.2, 0.25) is 5.95 Å². The predicted octanol–water partition coefficient (Wildman–Crippen LogP) is 1.38. The molecule has 0 aromatic carbocycles. The summed E-state index contributed by atoms with van der Waals surface area (Å²) in [5, 5.41) is 11.1. The summed E-state index contributed by atoms with van der Waals surface area (Å²) in [5.41, 5.74) is -0.203. The summed E-state index contributed by atoms with van der Waals surface area (Å²) < 4.78 is 26.3. The summed E-state index contributed by atoms with van der Waals surface area (Å²) >= 11 is 0. The lowest BCUT2D eigenvalue weighted by atomic mass is 10.2. The number of aromatic carboxylic acids is 1. The van der Waals surface area contributed by atoms with E-state index in [2.05, 4.69) is 15.3 Å². The van der Waals surface area contributed by atoms with Crippen LogP contribution in [-0.2, 0) is 6.54 Å². The van der Waals surface area contributed by atoms with E-state index in [9.17, 15) is 18.4 Å². The summed E-state index contributed by atoms with van der Waals surface area (Å²) in [6, 6.07) is 3.60. The third-order valence-corrected chi connectivity index (χ3v) is 2.58. The molecular formula is C13H9F2N3O3. The van der Waals surface area contributed by atoms with E-state index in [0.717, 1.165) is 12.3 Å². The Labute approximate surface area is 117 Å². The molecule has 2 N–H and O–H groups in total. The van der Waals surface area contributed by atoms with Gasteiger partial charge in [-0.25, -0.2) is 14.2 Å². The van der Waals surface area contributed by atoms with Crippen LogP contribution in [0, 0.1) is 11.8 Å². The lowest BCUT2D eigenvalue weighted by Gasteiger charge is -2.06. The molecule has 0 fully saturated rings. The van der Waals surface area contributed by atoms with E-state index in [1.165, 1.54) is 18.3 Å². The van der Waals surface area contributed by atoms with Crippen LogP contribution in [-0.4, -0.2) is 27.0 Å². The first kappa shape index (κ1) is 14.5. The van der Waals surface area contributed by atoms with E-state index in [-0.39, 0.29) is 17.8 Å². The van der Waals surface area contributed by atoms with Gasteiger partial charge in [0, 0.05) is 12.4 Å². The molecule has 0 spiro atoms. The van der Waals surface area contributed by atoms with Crippen LogP contribution >= 0.6 is 0 Å². The zero-order chi connectivity index (χ0) is 15.4. The molecule has 0 aliphatic heterocycles. The van der Waals surface area contributed by atoms with Crippen molar-refractivity contribution in [3.63, 3.8) is 0 Å². The van der Waals surface area contributed by atoms with Crippen LogP contribution in [0.2, 0.25) is 0 Å². The van der Waals surface area contributed by atoms with E-state index >= 15 is 0 Å². The Bertz CT molecular complexity index is 707. The fraction of sp³-hybridized carbons (Fsp3) is 0.0769. The molecule has 0 unspecified atom stereocenters. The summed E-state index contributed by atoms with van der Waals surface area (Å²) in [6.07, 6.45) is 2.24. The fourth-order valence-electron chi connectivity index (χ4n) is 1.57. The van der Waals surface area contributed by atoms with Crippen LogP contribution in [0.4, 0.5) is 8.78 Å². The van der Waals surface area contributed by atoms with Crippen LogP contribution in [0.5, 0.6) is 0 Å². The molecule has 2 rings (SSSR count). The molecule has 6 nitrogen and oxygen atoms in total. The highest BCUT2D eigenvalue weighted by Crippen LogP contribution is 2.09. The SMILES string of the molecule is O=C(O)c1ccnc(CNC(=O)c2ccnc(F)c2F)c1. The van der Waals surface area contributed by atoms with Crippen molar-refractivity contribution in [2.75, 3.05) is 0 Å². The molecule has 1 amide bonds. The first-order valence-corrected chi connectivity index (χ1v) is 5.75. The Morgan fingerprint density at radius 2 is 1.90 bits per heavy atom. The number of nitrogens with one attached hydrogen (secondary N) is 1. The number of carboxylic acids is 1. The average molecular weight is 293 g/mol. The molecule has 0 saturated heterocycles. The number of hydrogen-bond donors (Lipinski definition) is 2. The van der Waals surface area contributed by atoms with Gasteiger partial charge in [-0.2, -0.15) is 4.39 Å². The summed E-state index contributed by atoms with van der Waals surface area (Å²) in [5.74, 6) is -4.69. The topological polar surface area (TPSA) is 92.2 Å². The Balaban J connectivity index is 2.09. The van der Waals surface area contributed by atoms with Crippen LogP contribution in [0.25, 0.3) is 0 Å². The molecule has 0 aliphatic rings. The molecule has 0 radical (unpaired) electrons. The highest BCUT2D eigenvalue weighted by atomic mass is 19.2. The van der Waals surface area contributed by atoms with Gasteiger partial charge >= 0.3 is 5.97 Å². The average Bonchev–Trinajstić information content (AvgIpc) is 2.48. The number of carbonyl (C=O) groups excluding carboxylic acids is 1. The second kappa shape index (κ2) is 6.04. The molecule has 108 valence electrons. The number of amides is 1. The Morgan fingerprint density at radius 3 is 2.62 bits per heavy atom. The smallest absolute Gasteiger partial charge is 0.335 e. The quantitative estimate of drug-likeness (QED) is 0.831. The minimum Gasteiger partial charge on any atom is -0.478 e. The zero-order valence-corrected chi connectivity index (χ0v) is 10.5. The lowest BCUT2D eigenvalue weighted by Crippen LogP contribution is -2.25. The second-order valence-corrected chi connectivity index (χ2v) is 3.99. The van der Waals surface area contributed by atoms with Crippen molar-refractivity contribution in [2.24, 2.45) is 0 Å². The first-order chi connectivity index (χ1) is 9.99. The maximum absolute atomic E-state index is 13.4. The maximum Gasteiger partial charge on any atom is 0.335 e. The van der Waals surface area contributed by atoms with Gasteiger partial charge < -0.3 is 10.4 Å². The standard InChI is InChI=1S/C13H9F2N3O3/c14-10-9(2-4-17-11(10)15)12(19)18-6-8-5-7(13(20)21)1-3-16-8/h1-5H,6H2,(H,18,19)(H,20,21). The molecular weight excluding hydrogens is 284 g/mol. The first-order valence-electron chi connectivity index (χ1n) is 5.75. The van der Waals surface area contributed by atoms with Gasteiger partial charge in [0.25, 0.3) is 5.91 Å². The third kappa shape index (κ3) is 3.35. The van der Waals surface area contributed by atoms with Gasteiger partial charge in [0.05, 0.1) is 23.4 Å². The predicted molar refractivity (Wildman–Crippen MR) is 66.5 cm³/mol. The van der Waals surface area contributed by atoms with E-state index in [1.807, 2.05) is 0 Å². The van der Waals surface area contributed by atoms with Crippen molar-refractivity contribution in [1.29, 1.82) is 0 Å².